The second-order valence-electron chi connectivity index (χ2n) is 19.4. The quantitative estimate of drug-likeness (QED) is 0.0287. The molecule has 0 saturated carbocycles. The number of hydrogen-bond donors (Lipinski definition) is 0. The van der Waals surface area contributed by atoms with E-state index in [1.165, 1.54) is 162 Å². The van der Waals surface area contributed by atoms with Crippen LogP contribution in [0.4, 0.5) is 0 Å². The fourth-order valence-electron chi connectivity index (χ4n) is 11.9. The molecule has 0 bridgehead atoms. The molecule has 4 aromatic rings. The van der Waals surface area contributed by atoms with E-state index in [1.807, 2.05) is 24.3 Å². The van der Waals surface area contributed by atoms with Crippen molar-refractivity contribution in [3.63, 3.8) is 0 Å². The summed E-state index contributed by atoms with van der Waals surface area (Å²) in [4.78, 5) is 31.0. The summed E-state index contributed by atoms with van der Waals surface area (Å²) in [6.45, 7) is 9.15. The van der Waals surface area contributed by atoms with Crippen molar-refractivity contribution in [2.24, 2.45) is 0 Å². The lowest BCUT2D eigenvalue weighted by Gasteiger charge is -2.35. The molecule has 0 saturated heterocycles. The van der Waals surface area contributed by atoms with E-state index in [-0.39, 0.29) is 22.4 Å². The minimum absolute atomic E-state index is 0.276. The SMILES string of the molecule is CCCCCCCCC1(CCCCCCCC)c2ccccc2-c2cccc(C(=O)C(=O)c3cccc4c3C(CCCCCCCC)(CCCCCCCC)c3ccccc3-4)c21. The minimum Gasteiger partial charge on any atom is -0.285 e. The van der Waals surface area contributed by atoms with Gasteiger partial charge < -0.3 is 0 Å². The van der Waals surface area contributed by atoms with Crippen molar-refractivity contribution in [1.29, 1.82) is 0 Å². The van der Waals surface area contributed by atoms with Gasteiger partial charge >= 0.3 is 0 Å². The summed E-state index contributed by atoms with van der Waals surface area (Å²) in [6, 6.07) is 30.6. The molecule has 62 heavy (non-hydrogen) atoms. The van der Waals surface area contributed by atoms with Crippen molar-refractivity contribution in [2.45, 2.75) is 218 Å². The van der Waals surface area contributed by atoms with Gasteiger partial charge in [0.05, 0.1) is 0 Å². The fourth-order valence-corrected chi connectivity index (χ4v) is 11.9. The van der Waals surface area contributed by atoms with Gasteiger partial charge in [-0.3, -0.25) is 9.59 Å². The topological polar surface area (TPSA) is 34.1 Å². The zero-order valence-electron chi connectivity index (χ0n) is 39.7. The maximum Gasteiger partial charge on any atom is 0.233 e. The standard InChI is InChI=1S/C60H82O2/c1-5-9-13-17-21-29-43-59(44-30-22-18-14-10-6-2)53-41-27-25-35-47(53)49-37-33-39-51(55(49)59)57(61)58(62)52-40-34-38-50-48-36-26-28-42-54(48)60(56(50)52,45-31-23-19-15-11-7-3)46-32-24-20-16-12-8-4/h25-28,33-42H,5-24,29-32,43-46H2,1-4H3. The summed E-state index contributed by atoms with van der Waals surface area (Å²) in [5, 5.41) is 0. The molecule has 0 aliphatic heterocycles. The average Bonchev–Trinajstić information content (AvgIpc) is 3.75. The Kier molecular flexibility index (Phi) is 18.7. The molecule has 0 atom stereocenters. The lowest BCUT2D eigenvalue weighted by atomic mass is 9.67. The van der Waals surface area contributed by atoms with Crippen LogP contribution in [0.3, 0.4) is 0 Å². The fraction of sp³-hybridized carbons (Fsp3) is 0.567. The van der Waals surface area contributed by atoms with Crippen molar-refractivity contribution in [2.75, 3.05) is 0 Å². The Balaban J connectivity index is 1.41. The number of fused-ring (bicyclic) bond motifs is 6. The van der Waals surface area contributed by atoms with E-state index in [2.05, 4.69) is 88.4 Å². The number of Topliss-reactive ketones (excluding diaryl/α,β-unsaturated/α-hetero) is 2. The average molecular weight is 835 g/mol. The van der Waals surface area contributed by atoms with Crippen LogP contribution in [0.1, 0.15) is 250 Å². The molecule has 0 radical (unpaired) electrons. The molecule has 6 rings (SSSR count). The van der Waals surface area contributed by atoms with Crippen molar-refractivity contribution >= 4 is 11.6 Å². The second kappa shape index (κ2) is 24.3. The summed E-state index contributed by atoms with van der Waals surface area (Å²) in [7, 11) is 0. The Labute approximate surface area is 378 Å². The number of unbranched alkanes of at least 4 members (excludes halogenated alkanes) is 20. The van der Waals surface area contributed by atoms with Gasteiger partial charge in [-0.2, -0.15) is 0 Å². The van der Waals surface area contributed by atoms with Crippen LogP contribution >= 0.6 is 0 Å². The van der Waals surface area contributed by atoms with Gasteiger partial charge in [0, 0.05) is 22.0 Å². The smallest absolute Gasteiger partial charge is 0.233 e. The number of ketones is 2. The number of carbonyl (C=O) groups is 2. The third-order valence-corrected chi connectivity index (χ3v) is 15.1. The molecule has 0 fully saturated rings. The van der Waals surface area contributed by atoms with Crippen molar-refractivity contribution < 1.29 is 9.59 Å². The summed E-state index contributed by atoms with van der Waals surface area (Å²) >= 11 is 0. The highest BCUT2D eigenvalue weighted by molar-refractivity contribution is 6.50. The molecule has 0 spiro atoms. The van der Waals surface area contributed by atoms with Crippen molar-refractivity contribution in [3.05, 3.63) is 118 Å². The molecule has 2 nitrogen and oxygen atoms in total. The molecular formula is C60H82O2. The largest absolute Gasteiger partial charge is 0.285 e. The van der Waals surface area contributed by atoms with Gasteiger partial charge in [0.25, 0.3) is 0 Å². The molecular weight excluding hydrogens is 753 g/mol. The van der Waals surface area contributed by atoms with Crippen LogP contribution in [0.2, 0.25) is 0 Å². The number of carbonyl (C=O) groups excluding carboxylic acids is 2. The van der Waals surface area contributed by atoms with Crippen LogP contribution < -0.4 is 0 Å². The lowest BCUT2D eigenvalue weighted by Crippen LogP contribution is -2.31. The van der Waals surface area contributed by atoms with Gasteiger partial charge in [-0.1, -0.05) is 267 Å². The number of hydrogen-bond acceptors (Lipinski definition) is 2. The predicted molar refractivity (Wildman–Crippen MR) is 266 cm³/mol. The molecule has 0 N–H and O–H groups in total. The van der Waals surface area contributed by atoms with E-state index in [0.29, 0.717) is 11.1 Å². The molecule has 334 valence electrons. The van der Waals surface area contributed by atoms with Crippen LogP contribution in [0.25, 0.3) is 22.3 Å². The van der Waals surface area contributed by atoms with E-state index in [4.69, 9.17) is 0 Å². The Morgan fingerprint density at radius 1 is 0.323 bits per heavy atom. The predicted octanol–water partition coefficient (Wildman–Crippen LogP) is 18.3. The van der Waals surface area contributed by atoms with Gasteiger partial charge in [0.15, 0.2) is 0 Å². The van der Waals surface area contributed by atoms with Gasteiger partial charge in [-0.25, -0.2) is 0 Å². The van der Waals surface area contributed by atoms with Crippen LogP contribution in [-0.4, -0.2) is 11.6 Å². The third kappa shape index (κ3) is 10.8. The van der Waals surface area contributed by atoms with Crippen LogP contribution in [-0.2, 0) is 10.8 Å². The van der Waals surface area contributed by atoms with Gasteiger partial charge in [0.1, 0.15) is 0 Å². The van der Waals surface area contributed by atoms with E-state index in [1.54, 1.807) is 0 Å². The summed E-state index contributed by atoms with van der Waals surface area (Å²) in [6.07, 6.45) is 33.8. The molecule has 4 aromatic carbocycles. The monoisotopic (exact) mass is 835 g/mol. The maximum atomic E-state index is 15.5. The van der Waals surface area contributed by atoms with Gasteiger partial charge in [0.2, 0.25) is 11.6 Å². The first-order valence-corrected chi connectivity index (χ1v) is 26.0. The van der Waals surface area contributed by atoms with E-state index in [9.17, 15) is 0 Å². The molecule has 0 heterocycles. The molecule has 2 aliphatic rings. The maximum absolute atomic E-state index is 15.5. The second-order valence-corrected chi connectivity index (χ2v) is 19.4. The van der Waals surface area contributed by atoms with E-state index < -0.39 is 0 Å². The highest BCUT2D eigenvalue weighted by atomic mass is 16.2. The van der Waals surface area contributed by atoms with Crippen LogP contribution in [0.5, 0.6) is 0 Å². The molecule has 2 heteroatoms. The van der Waals surface area contributed by atoms with Gasteiger partial charge in [-0.05, 0) is 70.2 Å². The first kappa shape index (κ1) is 47.7. The minimum atomic E-state index is -0.317. The van der Waals surface area contributed by atoms with E-state index in [0.717, 1.165) is 62.5 Å². The third-order valence-electron chi connectivity index (χ3n) is 15.1. The lowest BCUT2D eigenvalue weighted by molar-refractivity contribution is 0.0814. The van der Waals surface area contributed by atoms with Crippen molar-refractivity contribution in [1.82, 2.24) is 0 Å². The molecule has 0 amide bonds. The molecule has 2 aliphatic carbocycles. The van der Waals surface area contributed by atoms with Crippen molar-refractivity contribution in [3.8, 4) is 22.3 Å². The first-order valence-electron chi connectivity index (χ1n) is 26.0. The summed E-state index contributed by atoms with van der Waals surface area (Å²) in [5.41, 5.74) is 10.6. The zero-order valence-corrected chi connectivity index (χ0v) is 39.7. The molecule has 0 unspecified atom stereocenters. The number of benzene rings is 4. The highest BCUT2D eigenvalue weighted by Crippen LogP contribution is 2.57. The number of rotatable bonds is 31. The van der Waals surface area contributed by atoms with Crippen LogP contribution in [0, 0.1) is 0 Å². The molecule has 0 aromatic heterocycles. The Morgan fingerprint density at radius 2 is 0.597 bits per heavy atom. The first-order chi connectivity index (χ1) is 30.5. The Hall–Kier alpha value is -3.78. The Bertz CT molecular complexity index is 1840. The normalized spacial score (nSPS) is 14.1. The highest BCUT2D eigenvalue weighted by Gasteiger charge is 2.48. The van der Waals surface area contributed by atoms with Gasteiger partial charge in [-0.15, -0.1) is 0 Å². The van der Waals surface area contributed by atoms with Crippen LogP contribution in [0.15, 0.2) is 84.9 Å². The Morgan fingerprint density at radius 3 is 0.919 bits per heavy atom. The summed E-state index contributed by atoms with van der Waals surface area (Å²) < 4.78 is 0. The zero-order chi connectivity index (χ0) is 43.6. The van der Waals surface area contributed by atoms with E-state index >= 15 is 9.59 Å². The summed E-state index contributed by atoms with van der Waals surface area (Å²) in [5.74, 6) is -0.635.